The highest BCUT2D eigenvalue weighted by Gasteiger charge is 2.27. The number of fused-ring (bicyclic) bond motifs is 13. The monoisotopic (exact) mass is 884 g/mol. The minimum absolute atomic E-state index is 0.437. The molecule has 0 spiro atoms. The van der Waals surface area contributed by atoms with E-state index in [1.807, 2.05) is 12.1 Å². The fourth-order valence-electron chi connectivity index (χ4n) is 11.1. The lowest BCUT2D eigenvalue weighted by molar-refractivity contribution is 0.662. The minimum atomic E-state index is -0.437. The molecule has 0 amide bonds. The van der Waals surface area contributed by atoms with Gasteiger partial charge in [-0.2, -0.15) is 0 Å². The van der Waals surface area contributed by atoms with E-state index in [1.54, 1.807) is 0 Å². The fraction of sp³-hybridized carbons (Fsp3) is 0.0476. The highest BCUT2D eigenvalue weighted by atomic mass is 16.3. The van der Waals surface area contributed by atoms with Gasteiger partial charge in [0.2, 0.25) is 0 Å². The van der Waals surface area contributed by atoms with Gasteiger partial charge in [-0.3, -0.25) is 0 Å². The van der Waals surface area contributed by atoms with Gasteiger partial charge in [-0.25, -0.2) is 9.98 Å². The standard InChI is InChI=1S/C63H40N4O2/c1-2-13-37(14-3-1)39-20-12-21-44(29-39)61-64-62(45-26-28-58-52(32-45)48-23-10-11-24-57(48)68-58)66-63(65-61)46-33-53-49-27-25-38-15-8-9-22-47(38)59(49)69-60(53)56(36-46)67-54-34-42-18-6-4-16-40(42)30-50(54)51-31-41-17-5-7-19-43(41)35-55(51)67/h1-11,13-20,22-36,62H,12,21H2,(H,64,65,66). The first kappa shape index (κ1) is 38.1. The Bertz CT molecular complexity index is 4370. The molecular weight excluding hydrogens is 845 g/mol. The van der Waals surface area contributed by atoms with Crippen LogP contribution >= 0.6 is 0 Å². The van der Waals surface area contributed by atoms with Crippen molar-refractivity contribution in [2.24, 2.45) is 9.98 Å². The lowest BCUT2D eigenvalue weighted by atomic mass is 9.93. The molecule has 0 fully saturated rings. The first-order valence-electron chi connectivity index (χ1n) is 23.7. The number of benzene rings is 10. The second-order valence-corrected chi connectivity index (χ2v) is 18.5. The van der Waals surface area contributed by atoms with Crippen LogP contribution < -0.4 is 5.32 Å². The van der Waals surface area contributed by atoms with Crippen LogP contribution in [0.5, 0.6) is 0 Å². The summed E-state index contributed by atoms with van der Waals surface area (Å²) >= 11 is 0. The van der Waals surface area contributed by atoms with Gasteiger partial charge >= 0.3 is 0 Å². The van der Waals surface area contributed by atoms with Gasteiger partial charge in [-0.1, -0.05) is 140 Å². The highest BCUT2D eigenvalue weighted by molar-refractivity contribution is 6.22. The summed E-state index contributed by atoms with van der Waals surface area (Å²) in [6, 6.07) is 69.4. The molecule has 4 heterocycles. The van der Waals surface area contributed by atoms with Crippen LogP contribution in [0.2, 0.25) is 0 Å². The fourth-order valence-corrected chi connectivity index (χ4v) is 11.1. The summed E-state index contributed by atoms with van der Waals surface area (Å²) < 4.78 is 16.0. The van der Waals surface area contributed by atoms with Crippen molar-refractivity contribution in [2.75, 3.05) is 0 Å². The number of rotatable bonds is 5. The van der Waals surface area contributed by atoms with E-state index in [9.17, 15) is 0 Å². The third kappa shape index (κ3) is 5.98. The molecule has 6 heteroatoms. The van der Waals surface area contributed by atoms with Gasteiger partial charge in [0.25, 0.3) is 0 Å². The second kappa shape index (κ2) is 14.8. The number of para-hydroxylation sites is 1. The molecule has 0 saturated carbocycles. The molecule has 10 aromatic carbocycles. The number of amidine groups is 2. The maximum Gasteiger partial charge on any atom is 0.159 e. The molecular formula is C63H40N4O2. The summed E-state index contributed by atoms with van der Waals surface area (Å²) in [5, 5.41) is 17.4. The molecule has 6 nitrogen and oxygen atoms in total. The summed E-state index contributed by atoms with van der Waals surface area (Å²) in [7, 11) is 0. The molecule has 1 unspecified atom stereocenters. The average molecular weight is 885 g/mol. The van der Waals surface area contributed by atoms with Crippen molar-refractivity contribution in [3.05, 3.63) is 229 Å². The molecule has 0 radical (unpaired) electrons. The molecule has 0 bridgehead atoms. The lowest BCUT2D eigenvalue weighted by Gasteiger charge is -2.26. The zero-order chi connectivity index (χ0) is 45.2. The molecule has 3 aromatic heterocycles. The second-order valence-electron chi connectivity index (χ2n) is 18.5. The molecule has 15 rings (SSSR count). The van der Waals surface area contributed by atoms with Gasteiger partial charge < -0.3 is 18.7 Å². The summed E-state index contributed by atoms with van der Waals surface area (Å²) in [5.74, 6) is 1.47. The van der Waals surface area contributed by atoms with Gasteiger partial charge in [-0.05, 0) is 129 Å². The van der Waals surface area contributed by atoms with E-state index in [-0.39, 0.29) is 0 Å². The van der Waals surface area contributed by atoms with Gasteiger partial charge in [0.15, 0.2) is 11.4 Å². The first-order valence-corrected chi connectivity index (χ1v) is 23.7. The number of furan rings is 2. The molecule has 0 saturated heterocycles. The predicted molar refractivity (Wildman–Crippen MR) is 286 cm³/mol. The molecule has 1 aliphatic heterocycles. The number of aromatic nitrogens is 1. The Morgan fingerprint density at radius 1 is 0.478 bits per heavy atom. The van der Waals surface area contributed by atoms with Crippen LogP contribution in [0.4, 0.5) is 0 Å². The Balaban J connectivity index is 1.02. The minimum Gasteiger partial charge on any atom is -0.456 e. The molecule has 1 atom stereocenters. The Morgan fingerprint density at radius 3 is 1.91 bits per heavy atom. The summed E-state index contributed by atoms with van der Waals surface area (Å²) in [6.45, 7) is 0. The van der Waals surface area contributed by atoms with Crippen molar-refractivity contribution in [3.63, 3.8) is 0 Å². The molecule has 1 aliphatic carbocycles. The Labute approximate surface area is 395 Å². The van der Waals surface area contributed by atoms with Gasteiger partial charge in [0, 0.05) is 43.3 Å². The van der Waals surface area contributed by atoms with Crippen molar-refractivity contribution >= 4 is 115 Å². The molecule has 1 N–H and O–H groups in total. The lowest BCUT2D eigenvalue weighted by Crippen LogP contribution is -2.34. The van der Waals surface area contributed by atoms with E-state index in [0.717, 1.165) is 107 Å². The number of hydrogen-bond acceptors (Lipinski definition) is 5. The SMILES string of the molecule is C1=C(C2=NC(c3cc(-n4c5cc6ccccc6cc5c5cc6ccccc6cc54)c4oc5c6ccccc6ccc5c4c3)=NC(c3ccc4oc5ccccc5c4c3)N2)CCC=C1c1ccccc1. The maximum absolute atomic E-state index is 7.23. The van der Waals surface area contributed by atoms with Crippen LogP contribution in [-0.2, 0) is 0 Å². The smallest absolute Gasteiger partial charge is 0.159 e. The van der Waals surface area contributed by atoms with Crippen molar-refractivity contribution in [2.45, 2.75) is 19.0 Å². The number of allylic oxidation sites excluding steroid dienone is 3. The van der Waals surface area contributed by atoms with Crippen LogP contribution in [0, 0.1) is 0 Å². The maximum atomic E-state index is 7.23. The zero-order valence-electron chi connectivity index (χ0n) is 37.3. The summed E-state index contributed by atoms with van der Waals surface area (Å²) in [4.78, 5) is 11.1. The topological polar surface area (TPSA) is 68.0 Å². The molecule has 69 heavy (non-hydrogen) atoms. The summed E-state index contributed by atoms with van der Waals surface area (Å²) in [6.07, 6.45) is 5.95. The van der Waals surface area contributed by atoms with Crippen LogP contribution in [0.25, 0.3) is 109 Å². The van der Waals surface area contributed by atoms with E-state index >= 15 is 0 Å². The molecule has 13 aromatic rings. The molecule has 324 valence electrons. The average Bonchev–Trinajstić information content (AvgIpc) is 4.08. The van der Waals surface area contributed by atoms with E-state index < -0.39 is 6.17 Å². The predicted octanol–water partition coefficient (Wildman–Crippen LogP) is 16.3. The Kier molecular flexibility index (Phi) is 8.15. The van der Waals surface area contributed by atoms with Crippen molar-refractivity contribution < 1.29 is 8.83 Å². The van der Waals surface area contributed by atoms with E-state index in [1.165, 1.54) is 43.5 Å². The van der Waals surface area contributed by atoms with E-state index in [2.05, 4.69) is 204 Å². The van der Waals surface area contributed by atoms with Crippen LogP contribution in [0.3, 0.4) is 0 Å². The Hall–Kier alpha value is -9.00. The highest BCUT2D eigenvalue weighted by Crippen LogP contribution is 2.43. The van der Waals surface area contributed by atoms with E-state index in [0.29, 0.717) is 5.84 Å². The number of aliphatic imine (C=N–C) groups is 2. The summed E-state index contributed by atoms with van der Waals surface area (Å²) in [5.41, 5.74) is 12.0. The van der Waals surface area contributed by atoms with Crippen molar-refractivity contribution in [1.29, 1.82) is 0 Å². The largest absolute Gasteiger partial charge is 0.456 e. The van der Waals surface area contributed by atoms with Crippen LogP contribution in [-0.4, -0.2) is 16.2 Å². The normalized spacial score (nSPS) is 15.4. The third-order valence-electron chi connectivity index (χ3n) is 14.4. The van der Waals surface area contributed by atoms with Crippen LogP contribution in [0.1, 0.15) is 35.7 Å². The van der Waals surface area contributed by atoms with Crippen molar-refractivity contribution in [1.82, 2.24) is 9.88 Å². The van der Waals surface area contributed by atoms with Gasteiger partial charge in [0.05, 0.1) is 16.7 Å². The first-order chi connectivity index (χ1) is 34.1. The van der Waals surface area contributed by atoms with Gasteiger partial charge in [0.1, 0.15) is 28.8 Å². The number of nitrogens with one attached hydrogen (secondary N) is 1. The van der Waals surface area contributed by atoms with Crippen molar-refractivity contribution in [3.8, 4) is 5.69 Å². The van der Waals surface area contributed by atoms with Gasteiger partial charge in [-0.15, -0.1) is 0 Å². The number of nitrogens with zero attached hydrogens (tertiary/aromatic N) is 3. The third-order valence-corrected chi connectivity index (χ3v) is 14.4. The van der Waals surface area contributed by atoms with Crippen LogP contribution in [0.15, 0.2) is 231 Å². The Morgan fingerprint density at radius 2 is 1.14 bits per heavy atom. The zero-order valence-corrected chi connectivity index (χ0v) is 37.3. The molecule has 2 aliphatic rings. The van der Waals surface area contributed by atoms with E-state index in [4.69, 9.17) is 18.8 Å². The number of hydrogen-bond donors (Lipinski definition) is 1. The quantitative estimate of drug-likeness (QED) is 0.187.